The van der Waals surface area contributed by atoms with Crippen molar-refractivity contribution >= 4 is 12.2 Å². The van der Waals surface area contributed by atoms with Crippen molar-refractivity contribution in [2.75, 3.05) is 0 Å². The van der Waals surface area contributed by atoms with Gasteiger partial charge >= 0.3 is 6.18 Å². The summed E-state index contributed by atoms with van der Waals surface area (Å²) in [6.45, 7) is 1.80. The Morgan fingerprint density at radius 3 is 2.61 bits per heavy atom. The number of alkyl halides is 3. The molecular formula is C12H9F3N2S. The molecule has 0 aromatic carbocycles. The van der Waals surface area contributed by atoms with Crippen molar-refractivity contribution in [3.8, 4) is 11.3 Å². The van der Waals surface area contributed by atoms with Crippen molar-refractivity contribution < 1.29 is 13.2 Å². The molecule has 0 spiro atoms. The van der Waals surface area contributed by atoms with Crippen molar-refractivity contribution in [1.29, 1.82) is 0 Å². The number of rotatable bonds is 1. The monoisotopic (exact) mass is 270 g/mol. The van der Waals surface area contributed by atoms with Crippen LogP contribution < -0.4 is 0 Å². The summed E-state index contributed by atoms with van der Waals surface area (Å²) < 4.78 is 38.1. The number of nitrogens with zero attached hydrogens (tertiary/aromatic N) is 1. The van der Waals surface area contributed by atoms with Crippen molar-refractivity contribution in [3.05, 3.63) is 46.4 Å². The average Bonchev–Trinajstić information content (AvgIpc) is 2.27. The molecule has 94 valence electrons. The summed E-state index contributed by atoms with van der Waals surface area (Å²) in [5.41, 5.74) is 0.995. The van der Waals surface area contributed by atoms with Crippen LogP contribution in [0.4, 0.5) is 13.2 Å². The minimum atomic E-state index is -4.41. The molecule has 1 N–H and O–H groups in total. The number of nitrogens with one attached hydrogen (secondary N) is 1. The Kier molecular flexibility index (Phi) is 3.21. The highest BCUT2D eigenvalue weighted by Gasteiger charge is 2.31. The summed E-state index contributed by atoms with van der Waals surface area (Å²) in [4.78, 5) is 6.66. The van der Waals surface area contributed by atoms with Gasteiger partial charge in [0.1, 0.15) is 4.64 Å². The molecule has 0 aliphatic carbocycles. The normalized spacial score (nSPS) is 11.6. The van der Waals surface area contributed by atoms with Crippen LogP contribution in [0.25, 0.3) is 11.3 Å². The molecule has 0 amide bonds. The molecule has 0 saturated heterocycles. The number of pyridine rings is 2. The van der Waals surface area contributed by atoms with Crippen LogP contribution in [0.2, 0.25) is 0 Å². The molecule has 6 heteroatoms. The third kappa shape index (κ3) is 2.59. The Bertz CT molecular complexity index is 632. The van der Waals surface area contributed by atoms with E-state index in [-0.39, 0.29) is 4.64 Å². The van der Waals surface area contributed by atoms with Crippen LogP contribution in [-0.4, -0.2) is 9.97 Å². The van der Waals surface area contributed by atoms with Crippen molar-refractivity contribution in [1.82, 2.24) is 9.97 Å². The van der Waals surface area contributed by atoms with E-state index < -0.39 is 11.7 Å². The summed E-state index contributed by atoms with van der Waals surface area (Å²) >= 11 is 4.82. The van der Waals surface area contributed by atoms with E-state index in [0.717, 1.165) is 17.7 Å². The number of hydrogen-bond donors (Lipinski definition) is 1. The molecule has 2 nitrogen and oxygen atoms in total. The van der Waals surface area contributed by atoms with Crippen LogP contribution >= 0.6 is 12.2 Å². The van der Waals surface area contributed by atoms with Gasteiger partial charge in [0, 0.05) is 23.7 Å². The Morgan fingerprint density at radius 1 is 1.28 bits per heavy atom. The van der Waals surface area contributed by atoms with E-state index in [1.807, 2.05) is 0 Å². The molecule has 0 radical (unpaired) electrons. The summed E-state index contributed by atoms with van der Waals surface area (Å²) in [6, 6.07) is 3.68. The fraction of sp³-hybridized carbons (Fsp3) is 0.167. The van der Waals surface area contributed by atoms with Crippen LogP contribution in [0.5, 0.6) is 0 Å². The number of aryl methyl sites for hydroxylation is 1. The second-order valence-electron chi connectivity index (χ2n) is 3.84. The lowest BCUT2D eigenvalue weighted by Crippen LogP contribution is -2.06. The van der Waals surface area contributed by atoms with Gasteiger partial charge in [-0.05, 0) is 30.7 Å². The zero-order chi connectivity index (χ0) is 13.3. The van der Waals surface area contributed by atoms with Gasteiger partial charge in [-0.2, -0.15) is 13.2 Å². The first-order chi connectivity index (χ1) is 8.38. The molecule has 18 heavy (non-hydrogen) atoms. The third-order valence-corrected chi connectivity index (χ3v) is 2.72. The van der Waals surface area contributed by atoms with Crippen LogP contribution in [0.15, 0.2) is 30.6 Å². The Balaban J connectivity index is 2.63. The lowest BCUT2D eigenvalue weighted by atomic mass is 10.1. The molecule has 0 fully saturated rings. The molecule has 0 atom stereocenters. The molecule has 0 aliphatic rings. The van der Waals surface area contributed by atoms with Crippen LogP contribution in [-0.2, 0) is 6.18 Å². The highest BCUT2D eigenvalue weighted by Crippen LogP contribution is 2.32. The van der Waals surface area contributed by atoms with Gasteiger partial charge < -0.3 is 4.98 Å². The molecular weight excluding hydrogens is 261 g/mol. The summed E-state index contributed by atoms with van der Waals surface area (Å²) in [5, 5.41) is 0. The first kappa shape index (κ1) is 12.8. The fourth-order valence-electron chi connectivity index (χ4n) is 1.60. The molecule has 0 aliphatic heterocycles. The fourth-order valence-corrected chi connectivity index (χ4v) is 1.83. The van der Waals surface area contributed by atoms with Gasteiger partial charge in [-0.25, -0.2) is 0 Å². The van der Waals surface area contributed by atoms with Gasteiger partial charge in [-0.3, -0.25) is 4.98 Å². The molecule has 0 unspecified atom stereocenters. The van der Waals surface area contributed by atoms with Crippen molar-refractivity contribution in [2.24, 2.45) is 0 Å². The van der Waals surface area contributed by atoms with Gasteiger partial charge in [-0.15, -0.1) is 0 Å². The largest absolute Gasteiger partial charge is 0.416 e. The number of hydrogen-bond acceptors (Lipinski definition) is 2. The number of halogens is 3. The van der Waals surface area contributed by atoms with Gasteiger partial charge in [0.05, 0.1) is 5.56 Å². The van der Waals surface area contributed by atoms with Crippen molar-refractivity contribution in [3.63, 3.8) is 0 Å². The van der Waals surface area contributed by atoms with Crippen molar-refractivity contribution in [2.45, 2.75) is 13.1 Å². The maximum absolute atomic E-state index is 12.7. The first-order valence-electron chi connectivity index (χ1n) is 5.10. The third-order valence-electron chi connectivity index (χ3n) is 2.50. The zero-order valence-corrected chi connectivity index (χ0v) is 10.2. The number of aromatic nitrogens is 2. The molecule has 2 aromatic heterocycles. The minimum absolute atomic E-state index is 0.0445. The van der Waals surface area contributed by atoms with Gasteiger partial charge in [-0.1, -0.05) is 12.2 Å². The van der Waals surface area contributed by atoms with E-state index in [2.05, 4.69) is 9.97 Å². The highest BCUT2D eigenvalue weighted by atomic mass is 32.1. The summed E-state index contributed by atoms with van der Waals surface area (Å²) in [6.07, 6.45) is -1.31. The predicted molar refractivity (Wildman–Crippen MR) is 64.6 cm³/mol. The van der Waals surface area contributed by atoms with E-state index in [1.165, 1.54) is 6.20 Å². The molecule has 0 saturated carbocycles. The lowest BCUT2D eigenvalue weighted by molar-refractivity contribution is -0.137. The smallest absolute Gasteiger partial charge is 0.346 e. The van der Waals surface area contributed by atoms with E-state index in [0.29, 0.717) is 11.3 Å². The zero-order valence-electron chi connectivity index (χ0n) is 9.38. The second kappa shape index (κ2) is 4.53. The van der Waals surface area contributed by atoms with Gasteiger partial charge in [0.25, 0.3) is 0 Å². The first-order valence-corrected chi connectivity index (χ1v) is 5.51. The van der Waals surface area contributed by atoms with Crippen LogP contribution in [0.1, 0.15) is 11.1 Å². The van der Waals surface area contributed by atoms with Gasteiger partial charge in [0.15, 0.2) is 0 Å². The molecule has 0 bridgehead atoms. The molecule has 2 heterocycles. The summed E-state index contributed by atoms with van der Waals surface area (Å²) in [7, 11) is 0. The van der Waals surface area contributed by atoms with E-state index in [9.17, 15) is 13.2 Å². The Labute approximate surface area is 107 Å². The maximum Gasteiger partial charge on any atom is 0.416 e. The highest BCUT2D eigenvalue weighted by molar-refractivity contribution is 7.71. The predicted octanol–water partition coefficient (Wildman–Crippen LogP) is 4.13. The quantitative estimate of drug-likeness (QED) is 0.789. The number of H-pyrrole nitrogens is 1. The van der Waals surface area contributed by atoms with E-state index in [4.69, 9.17) is 12.2 Å². The van der Waals surface area contributed by atoms with Gasteiger partial charge in [0.2, 0.25) is 0 Å². The Hall–Kier alpha value is -1.69. The maximum atomic E-state index is 12.7. The standard InChI is InChI=1S/C12H9F3N2S/c1-7-2-3-16-6-9(7)10-4-8(12(13,14)15)5-11(18)17-10/h2-6H,1H3,(H,17,18). The lowest BCUT2D eigenvalue weighted by Gasteiger charge is -2.10. The van der Waals surface area contributed by atoms with E-state index >= 15 is 0 Å². The van der Waals surface area contributed by atoms with E-state index in [1.54, 1.807) is 19.2 Å². The van der Waals surface area contributed by atoms with Crippen LogP contribution in [0, 0.1) is 11.6 Å². The van der Waals surface area contributed by atoms with Crippen LogP contribution in [0.3, 0.4) is 0 Å². The SMILES string of the molecule is Cc1ccncc1-c1cc(C(F)(F)F)cc(=S)[nH]1. The topological polar surface area (TPSA) is 28.7 Å². The summed E-state index contributed by atoms with van der Waals surface area (Å²) in [5.74, 6) is 0. The number of aromatic amines is 1. The average molecular weight is 270 g/mol. The molecule has 2 rings (SSSR count). The minimum Gasteiger partial charge on any atom is -0.346 e. The Morgan fingerprint density at radius 2 is 2.00 bits per heavy atom. The molecule has 2 aromatic rings. The second-order valence-corrected chi connectivity index (χ2v) is 4.28.